The molecule has 1 amide bonds. The zero-order chi connectivity index (χ0) is 16.1. The number of carbonyl (C=O) groups is 1. The van der Waals surface area contributed by atoms with Gasteiger partial charge in [-0.1, -0.05) is 12.1 Å². The van der Waals surface area contributed by atoms with E-state index in [1.54, 1.807) is 18.8 Å². The number of halogens is 1. The van der Waals surface area contributed by atoms with Crippen LogP contribution < -0.4 is 9.64 Å². The predicted octanol–water partition coefficient (Wildman–Crippen LogP) is 1.71. The molecular weight excluding hydrogens is 352 g/mol. The lowest BCUT2D eigenvalue weighted by atomic mass is 10.2. The number of likely N-dealkylation sites (N-methyl/N-ethyl adjacent to an activating group) is 1. The molecule has 0 unspecified atom stereocenters. The first-order valence-corrected chi connectivity index (χ1v) is 7.33. The Labute approximate surface area is 137 Å². The van der Waals surface area contributed by atoms with E-state index in [1.807, 2.05) is 24.3 Å². The summed E-state index contributed by atoms with van der Waals surface area (Å²) in [4.78, 5) is 17.6. The Bertz CT molecular complexity index is 642. The summed E-state index contributed by atoms with van der Waals surface area (Å²) in [5.41, 5.74) is 1.02. The van der Waals surface area contributed by atoms with Gasteiger partial charge in [0, 0.05) is 14.2 Å². The van der Waals surface area contributed by atoms with Gasteiger partial charge in [0.25, 0.3) is 5.91 Å². The van der Waals surface area contributed by atoms with Crippen LogP contribution in [0.2, 0.25) is 0 Å². The monoisotopic (exact) mass is 368 g/mol. The fourth-order valence-electron chi connectivity index (χ4n) is 1.90. The highest BCUT2D eigenvalue weighted by Crippen LogP contribution is 2.18. The van der Waals surface area contributed by atoms with Crippen molar-refractivity contribution in [1.29, 1.82) is 0 Å². The minimum Gasteiger partial charge on any atom is -0.497 e. The highest BCUT2D eigenvalue weighted by molar-refractivity contribution is 9.10. The lowest BCUT2D eigenvalue weighted by Crippen LogP contribution is -2.32. The highest BCUT2D eigenvalue weighted by Gasteiger charge is 2.18. The topological polar surface area (TPSA) is 69.5 Å². The first-order valence-electron chi connectivity index (χ1n) is 6.54. The van der Waals surface area contributed by atoms with Crippen molar-refractivity contribution in [3.05, 3.63) is 34.6 Å². The SMILES string of the molecule is COCC(=O)N(C)c1nc(Br)nn1Cc1ccc(OC)cc1. The van der Waals surface area contributed by atoms with Crippen LogP contribution in [0.5, 0.6) is 5.75 Å². The molecule has 118 valence electrons. The number of aromatic nitrogens is 3. The van der Waals surface area contributed by atoms with Crippen molar-refractivity contribution in [3.8, 4) is 5.75 Å². The largest absolute Gasteiger partial charge is 0.497 e. The van der Waals surface area contributed by atoms with Gasteiger partial charge in [-0.15, -0.1) is 5.10 Å². The summed E-state index contributed by atoms with van der Waals surface area (Å²) >= 11 is 3.24. The van der Waals surface area contributed by atoms with Gasteiger partial charge >= 0.3 is 0 Å². The van der Waals surface area contributed by atoms with Gasteiger partial charge in [0.15, 0.2) is 0 Å². The standard InChI is InChI=1S/C14H17BrN4O3/c1-18(12(20)9-21-2)14-16-13(15)17-19(14)8-10-4-6-11(22-3)7-5-10/h4-7H,8-9H2,1-3H3. The molecule has 0 fully saturated rings. The number of carbonyl (C=O) groups excluding carboxylic acids is 1. The van der Waals surface area contributed by atoms with E-state index in [9.17, 15) is 4.79 Å². The van der Waals surface area contributed by atoms with Gasteiger partial charge in [-0.2, -0.15) is 4.98 Å². The van der Waals surface area contributed by atoms with E-state index >= 15 is 0 Å². The van der Waals surface area contributed by atoms with Crippen molar-refractivity contribution in [1.82, 2.24) is 14.8 Å². The van der Waals surface area contributed by atoms with E-state index in [0.29, 0.717) is 17.2 Å². The third-order valence-corrected chi connectivity index (χ3v) is 3.40. The number of nitrogens with zero attached hydrogens (tertiary/aromatic N) is 4. The number of hydrogen-bond acceptors (Lipinski definition) is 5. The quantitative estimate of drug-likeness (QED) is 0.776. The molecule has 0 aliphatic rings. The Morgan fingerprint density at radius 2 is 2.00 bits per heavy atom. The minimum atomic E-state index is -0.196. The van der Waals surface area contributed by atoms with Crippen LogP contribution in [0.15, 0.2) is 29.0 Å². The second kappa shape index (κ2) is 7.37. The zero-order valence-electron chi connectivity index (χ0n) is 12.6. The molecule has 0 aliphatic carbocycles. The summed E-state index contributed by atoms with van der Waals surface area (Å²) in [6, 6.07) is 7.63. The number of amides is 1. The minimum absolute atomic E-state index is 0.0104. The van der Waals surface area contributed by atoms with Gasteiger partial charge in [0.05, 0.1) is 13.7 Å². The van der Waals surface area contributed by atoms with Gasteiger partial charge in [-0.3, -0.25) is 9.69 Å². The number of methoxy groups -OCH3 is 2. The molecule has 7 nitrogen and oxygen atoms in total. The van der Waals surface area contributed by atoms with Crippen LogP contribution in [-0.4, -0.2) is 48.5 Å². The molecule has 2 rings (SSSR count). The molecule has 0 spiro atoms. The smallest absolute Gasteiger partial charge is 0.255 e. The van der Waals surface area contributed by atoms with Gasteiger partial charge in [-0.25, -0.2) is 4.68 Å². The maximum Gasteiger partial charge on any atom is 0.255 e. The van der Waals surface area contributed by atoms with Gasteiger partial charge in [-0.05, 0) is 33.6 Å². The molecule has 0 saturated heterocycles. The molecule has 0 aliphatic heterocycles. The number of benzene rings is 1. The van der Waals surface area contributed by atoms with Crippen LogP contribution in [0.25, 0.3) is 0 Å². The van der Waals surface area contributed by atoms with Crippen LogP contribution in [0.4, 0.5) is 5.95 Å². The van der Waals surface area contributed by atoms with Crippen molar-refractivity contribution in [2.45, 2.75) is 6.54 Å². The molecule has 0 radical (unpaired) electrons. The molecule has 8 heteroatoms. The van der Waals surface area contributed by atoms with Gasteiger partial charge < -0.3 is 9.47 Å². The van der Waals surface area contributed by atoms with Crippen molar-refractivity contribution in [3.63, 3.8) is 0 Å². The predicted molar refractivity (Wildman–Crippen MR) is 85.1 cm³/mol. The van der Waals surface area contributed by atoms with Crippen LogP contribution in [0.1, 0.15) is 5.56 Å². The maximum atomic E-state index is 11.9. The molecule has 1 aromatic carbocycles. The van der Waals surface area contributed by atoms with Gasteiger partial charge in [0.2, 0.25) is 10.7 Å². The van der Waals surface area contributed by atoms with Crippen molar-refractivity contribution in [2.24, 2.45) is 0 Å². The number of anilines is 1. The summed E-state index contributed by atoms with van der Waals surface area (Å²) in [6.45, 7) is 0.478. The van der Waals surface area contributed by atoms with E-state index in [2.05, 4.69) is 26.0 Å². The molecule has 0 saturated carbocycles. The lowest BCUT2D eigenvalue weighted by molar-refractivity contribution is -0.121. The van der Waals surface area contributed by atoms with Crippen molar-refractivity contribution in [2.75, 3.05) is 32.8 Å². The third-order valence-electron chi connectivity index (χ3n) is 3.06. The molecule has 0 atom stereocenters. The fraction of sp³-hybridized carbons (Fsp3) is 0.357. The van der Waals surface area contributed by atoms with Crippen LogP contribution in [0, 0.1) is 0 Å². The second-order valence-corrected chi connectivity index (χ2v) is 5.28. The van der Waals surface area contributed by atoms with Crippen molar-refractivity contribution < 1.29 is 14.3 Å². The summed E-state index contributed by atoms with van der Waals surface area (Å²) in [6.07, 6.45) is 0. The maximum absolute atomic E-state index is 11.9. The fourth-order valence-corrected chi connectivity index (χ4v) is 2.25. The Balaban J connectivity index is 2.21. The summed E-state index contributed by atoms with van der Waals surface area (Å²) in [5.74, 6) is 1.04. The average molecular weight is 369 g/mol. The first kappa shape index (κ1) is 16.4. The molecule has 0 N–H and O–H groups in total. The lowest BCUT2D eigenvalue weighted by Gasteiger charge is -2.16. The first-order chi connectivity index (χ1) is 10.5. The van der Waals surface area contributed by atoms with E-state index in [0.717, 1.165) is 11.3 Å². The van der Waals surface area contributed by atoms with Crippen molar-refractivity contribution >= 4 is 27.8 Å². The van der Waals surface area contributed by atoms with E-state index in [4.69, 9.17) is 9.47 Å². The second-order valence-electron chi connectivity index (χ2n) is 4.57. The molecular formula is C14H17BrN4O3. The zero-order valence-corrected chi connectivity index (χ0v) is 14.2. The van der Waals surface area contributed by atoms with Crippen LogP contribution in [0.3, 0.4) is 0 Å². The molecule has 22 heavy (non-hydrogen) atoms. The normalized spacial score (nSPS) is 10.5. The molecule has 2 aromatic rings. The van der Waals surface area contributed by atoms with E-state index in [1.165, 1.54) is 12.0 Å². The Morgan fingerprint density at radius 3 is 2.59 bits per heavy atom. The number of ether oxygens (including phenoxy) is 2. The Hall–Kier alpha value is -1.93. The van der Waals surface area contributed by atoms with E-state index < -0.39 is 0 Å². The summed E-state index contributed by atoms with van der Waals surface area (Å²) in [5, 5.41) is 4.27. The van der Waals surface area contributed by atoms with Gasteiger partial charge in [0.1, 0.15) is 12.4 Å². The molecule has 1 aromatic heterocycles. The Morgan fingerprint density at radius 1 is 1.32 bits per heavy atom. The van der Waals surface area contributed by atoms with Crippen LogP contribution in [-0.2, 0) is 16.1 Å². The molecule has 1 heterocycles. The molecule has 0 bridgehead atoms. The Kier molecular flexibility index (Phi) is 5.51. The van der Waals surface area contributed by atoms with E-state index in [-0.39, 0.29) is 12.5 Å². The van der Waals surface area contributed by atoms with Crippen LogP contribution >= 0.6 is 15.9 Å². The summed E-state index contributed by atoms with van der Waals surface area (Å²) < 4.78 is 12.1. The third kappa shape index (κ3) is 3.83. The number of rotatable bonds is 6. The highest BCUT2D eigenvalue weighted by atomic mass is 79.9. The summed E-state index contributed by atoms with van der Waals surface area (Å²) in [7, 11) is 4.74. The average Bonchev–Trinajstić information content (AvgIpc) is 2.88. The number of hydrogen-bond donors (Lipinski definition) is 0.